The van der Waals surface area contributed by atoms with E-state index in [-0.39, 0.29) is 0 Å². The van der Waals surface area contributed by atoms with E-state index in [2.05, 4.69) is 16.5 Å². The van der Waals surface area contributed by atoms with Crippen molar-refractivity contribution in [1.29, 1.82) is 5.26 Å². The van der Waals surface area contributed by atoms with Gasteiger partial charge in [-0.1, -0.05) is 17.7 Å². The zero-order valence-electron chi connectivity index (χ0n) is 11.9. The quantitative estimate of drug-likeness (QED) is 0.947. The van der Waals surface area contributed by atoms with E-state index < -0.39 is 0 Å². The lowest BCUT2D eigenvalue weighted by Crippen LogP contribution is -2.24. The van der Waals surface area contributed by atoms with Crippen molar-refractivity contribution in [3.8, 4) is 6.07 Å². The molecule has 5 heteroatoms. The minimum atomic E-state index is 0.344. The lowest BCUT2D eigenvalue weighted by atomic mass is 9.93. The van der Waals surface area contributed by atoms with Gasteiger partial charge in [0.25, 0.3) is 0 Å². The summed E-state index contributed by atoms with van der Waals surface area (Å²) in [6.07, 6.45) is 5.38. The summed E-state index contributed by atoms with van der Waals surface area (Å²) in [7, 11) is 2.00. The summed E-state index contributed by atoms with van der Waals surface area (Å²) >= 11 is 6.07. The van der Waals surface area contributed by atoms with Crippen molar-refractivity contribution in [3.05, 3.63) is 51.8 Å². The number of fused-ring (bicyclic) bond motifs is 1. The number of hydrogen-bond acceptors (Lipinski definition) is 3. The number of nitrogens with zero attached hydrogens (tertiary/aromatic N) is 3. The number of rotatable bonds is 3. The number of hydrogen-bond donors (Lipinski definition) is 1. The van der Waals surface area contributed by atoms with E-state index in [4.69, 9.17) is 16.9 Å². The molecule has 21 heavy (non-hydrogen) atoms. The summed E-state index contributed by atoms with van der Waals surface area (Å²) in [5, 5.41) is 17.3. The Kier molecular flexibility index (Phi) is 3.96. The van der Waals surface area contributed by atoms with Crippen molar-refractivity contribution in [2.45, 2.75) is 31.8 Å². The molecule has 0 amide bonds. The molecule has 0 fully saturated rings. The van der Waals surface area contributed by atoms with E-state index >= 15 is 0 Å². The van der Waals surface area contributed by atoms with Crippen LogP contribution in [0.3, 0.4) is 0 Å². The van der Waals surface area contributed by atoms with E-state index in [9.17, 15) is 0 Å². The van der Waals surface area contributed by atoms with E-state index in [0.717, 1.165) is 24.9 Å². The SMILES string of the molecule is Cn1ncc2c1CCCC2NCc1ccc(C#N)c(Cl)c1. The maximum absolute atomic E-state index is 8.90. The first-order valence-corrected chi connectivity index (χ1v) is 7.49. The van der Waals surface area contributed by atoms with Gasteiger partial charge in [0.05, 0.1) is 16.8 Å². The summed E-state index contributed by atoms with van der Waals surface area (Å²) in [5.74, 6) is 0. The zero-order valence-corrected chi connectivity index (χ0v) is 12.7. The van der Waals surface area contributed by atoms with Crippen LogP contribution >= 0.6 is 11.6 Å². The third-order valence-electron chi connectivity index (χ3n) is 4.08. The second kappa shape index (κ2) is 5.88. The Morgan fingerprint density at radius 3 is 3.14 bits per heavy atom. The Bertz CT molecular complexity index is 699. The molecule has 0 saturated heterocycles. The second-order valence-electron chi connectivity index (χ2n) is 5.42. The van der Waals surface area contributed by atoms with Crippen LogP contribution < -0.4 is 5.32 Å². The van der Waals surface area contributed by atoms with Gasteiger partial charge >= 0.3 is 0 Å². The number of halogens is 1. The average Bonchev–Trinajstić information content (AvgIpc) is 2.87. The molecule has 1 aromatic carbocycles. The van der Waals surface area contributed by atoms with E-state index in [1.54, 1.807) is 6.07 Å². The fourth-order valence-electron chi connectivity index (χ4n) is 2.92. The summed E-state index contributed by atoms with van der Waals surface area (Å²) in [6, 6.07) is 8.01. The molecule has 1 N–H and O–H groups in total. The first kappa shape index (κ1) is 14.1. The number of nitrogens with one attached hydrogen (secondary N) is 1. The maximum Gasteiger partial charge on any atom is 0.101 e. The molecule has 0 radical (unpaired) electrons. The highest BCUT2D eigenvalue weighted by Gasteiger charge is 2.22. The molecular formula is C16H17ClN4. The lowest BCUT2D eigenvalue weighted by Gasteiger charge is -2.24. The van der Waals surface area contributed by atoms with Gasteiger partial charge in [-0.3, -0.25) is 4.68 Å². The van der Waals surface area contributed by atoms with Crippen molar-refractivity contribution >= 4 is 11.6 Å². The van der Waals surface area contributed by atoms with E-state index in [1.807, 2.05) is 30.1 Å². The first-order chi connectivity index (χ1) is 10.2. The van der Waals surface area contributed by atoms with Gasteiger partial charge in [0.1, 0.15) is 6.07 Å². The molecule has 108 valence electrons. The minimum absolute atomic E-state index is 0.344. The van der Waals surface area contributed by atoms with Crippen LogP contribution in [0.1, 0.15) is 41.3 Å². The third kappa shape index (κ3) is 2.80. The first-order valence-electron chi connectivity index (χ1n) is 7.11. The molecule has 1 atom stereocenters. The monoisotopic (exact) mass is 300 g/mol. The van der Waals surface area contributed by atoms with Crippen LogP contribution in [0.2, 0.25) is 5.02 Å². The molecule has 0 spiro atoms. The Morgan fingerprint density at radius 1 is 1.52 bits per heavy atom. The van der Waals surface area contributed by atoms with Crippen molar-refractivity contribution in [1.82, 2.24) is 15.1 Å². The molecule has 0 saturated carbocycles. The summed E-state index contributed by atoms with van der Waals surface area (Å²) in [5.41, 5.74) is 4.25. The molecule has 3 rings (SSSR count). The molecule has 2 aromatic rings. The normalized spacial score (nSPS) is 17.3. The third-order valence-corrected chi connectivity index (χ3v) is 4.39. The van der Waals surface area contributed by atoms with Crippen LogP contribution in [0, 0.1) is 11.3 Å². The molecular weight excluding hydrogens is 284 g/mol. The Balaban J connectivity index is 1.71. The Hall–Kier alpha value is -1.83. The van der Waals surface area contributed by atoms with Gasteiger partial charge in [0.2, 0.25) is 0 Å². The number of nitriles is 1. The van der Waals surface area contributed by atoms with Gasteiger partial charge in [-0.15, -0.1) is 0 Å². The fraction of sp³-hybridized carbons (Fsp3) is 0.375. The van der Waals surface area contributed by atoms with Crippen molar-refractivity contribution < 1.29 is 0 Å². The van der Waals surface area contributed by atoms with Gasteiger partial charge in [-0.05, 0) is 37.0 Å². The molecule has 1 aliphatic carbocycles. The molecule has 1 heterocycles. The Labute approximate surface area is 129 Å². The summed E-state index contributed by atoms with van der Waals surface area (Å²) < 4.78 is 1.97. The highest BCUT2D eigenvalue weighted by molar-refractivity contribution is 6.31. The largest absolute Gasteiger partial charge is 0.306 e. The molecule has 0 aliphatic heterocycles. The van der Waals surface area contributed by atoms with E-state index in [0.29, 0.717) is 16.6 Å². The molecule has 4 nitrogen and oxygen atoms in total. The number of benzene rings is 1. The number of aromatic nitrogens is 2. The van der Waals surface area contributed by atoms with Crippen LogP contribution in [0.5, 0.6) is 0 Å². The highest BCUT2D eigenvalue weighted by atomic mass is 35.5. The van der Waals surface area contributed by atoms with Crippen LogP contribution in [0.4, 0.5) is 0 Å². The van der Waals surface area contributed by atoms with Gasteiger partial charge in [-0.25, -0.2) is 0 Å². The van der Waals surface area contributed by atoms with Crippen LogP contribution in [0.15, 0.2) is 24.4 Å². The topological polar surface area (TPSA) is 53.6 Å². The standard InChI is InChI=1S/C16H17ClN4/c1-21-16-4-2-3-15(13(16)10-20-21)19-9-11-5-6-12(8-18)14(17)7-11/h5-7,10,15,19H,2-4,9H2,1H3. The summed E-state index contributed by atoms with van der Waals surface area (Å²) in [4.78, 5) is 0. The maximum atomic E-state index is 8.90. The second-order valence-corrected chi connectivity index (χ2v) is 5.83. The summed E-state index contributed by atoms with van der Waals surface area (Å²) in [6.45, 7) is 0.741. The van der Waals surface area contributed by atoms with Gasteiger partial charge in [0.15, 0.2) is 0 Å². The van der Waals surface area contributed by atoms with Crippen LogP contribution in [0.25, 0.3) is 0 Å². The number of aryl methyl sites for hydroxylation is 1. The van der Waals surface area contributed by atoms with E-state index in [1.165, 1.54) is 17.7 Å². The van der Waals surface area contributed by atoms with Gasteiger partial charge < -0.3 is 5.32 Å². The van der Waals surface area contributed by atoms with Gasteiger partial charge in [-0.2, -0.15) is 10.4 Å². The highest BCUT2D eigenvalue weighted by Crippen LogP contribution is 2.29. The zero-order chi connectivity index (χ0) is 14.8. The van der Waals surface area contributed by atoms with Crippen LogP contribution in [-0.4, -0.2) is 9.78 Å². The lowest BCUT2D eigenvalue weighted by molar-refractivity contribution is 0.452. The van der Waals surface area contributed by atoms with Crippen molar-refractivity contribution in [2.75, 3.05) is 0 Å². The molecule has 0 bridgehead atoms. The molecule has 1 aliphatic rings. The minimum Gasteiger partial charge on any atom is -0.306 e. The fourth-order valence-corrected chi connectivity index (χ4v) is 3.16. The molecule has 1 unspecified atom stereocenters. The predicted octanol–water partition coefficient (Wildman–Crippen LogP) is 3.11. The Morgan fingerprint density at radius 2 is 2.38 bits per heavy atom. The smallest absolute Gasteiger partial charge is 0.101 e. The average molecular weight is 301 g/mol. The van der Waals surface area contributed by atoms with Crippen molar-refractivity contribution in [3.63, 3.8) is 0 Å². The van der Waals surface area contributed by atoms with Crippen molar-refractivity contribution in [2.24, 2.45) is 7.05 Å². The van der Waals surface area contributed by atoms with Crippen LogP contribution in [-0.2, 0) is 20.0 Å². The predicted molar refractivity (Wildman–Crippen MR) is 81.9 cm³/mol. The molecule has 1 aromatic heterocycles. The van der Waals surface area contributed by atoms with Gasteiger partial charge in [0, 0.05) is 30.9 Å².